The van der Waals surface area contributed by atoms with Gasteiger partial charge in [-0.25, -0.2) is 4.39 Å². The van der Waals surface area contributed by atoms with Crippen molar-refractivity contribution in [3.05, 3.63) is 68.9 Å². The molecule has 0 saturated carbocycles. The number of hydrogen-bond acceptors (Lipinski definition) is 5. The summed E-state index contributed by atoms with van der Waals surface area (Å²) in [5.41, 5.74) is 0.0114. The lowest BCUT2D eigenvalue weighted by atomic mass is 10.2. The number of benzene rings is 1. The fourth-order valence-corrected chi connectivity index (χ4v) is 2.48. The summed E-state index contributed by atoms with van der Waals surface area (Å²) >= 11 is 6.06. The molecule has 134 valence electrons. The number of hydrogen-bond donors (Lipinski definition) is 1. The van der Waals surface area contributed by atoms with Crippen LogP contribution in [-0.4, -0.2) is 30.4 Å². The molecule has 0 unspecified atom stereocenters. The predicted octanol–water partition coefficient (Wildman–Crippen LogP) is 2.62. The van der Waals surface area contributed by atoms with Crippen LogP contribution in [0, 0.1) is 15.9 Å². The first-order valence-electron chi connectivity index (χ1n) is 7.30. The normalized spacial score (nSPS) is 10.7. The quantitative estimate of drug-likeness (QED) is 0.542. The molecule has 0 aliphatic rings. The van der Waals surface area contributed by atoms with Gasteiger partial charge in [-0.05, 0) is 17.7 Å². The first-order chi connectivity index (χ1) is 12.3. The number of carbonyl (C=O) groups is 1. The summed E-state index contributed by atoms with van der Waals surface area (Å²) in [6, 6.07) is 5.84. The number of amides is 1. The molecule has 11 heteroatoms. The van der Waals surface area contributed by atoms with E-state index in [2.05, 4.69) is 15.5 Å². The summed E-state index contributed by atoms with van der Waals surface area (Å²) in [4.78, 5) is 22.6. The first kappa shape index (κ1) is 17.5. The molecule has 0 atom stereocenters. The largest absolute Gasteiger partial charge is 0.320 e. The number of carbonyl (C=O) groups excluding carboxylic acids is 1. The van der Waals surface area contributed by atoms with Crippen LogP contribution in [0.4, 0.5) is 15.9 Å². The van der Waals surface area contributed by atoms with Gasteiger partial charge in [0.25, 0.3) is 5.91 Å². The second-order valence-electron chi connectivity index (χ2n) is 5.40. The van der Waals surface area contributed by atoms with Crippen LogP contribution in [-0.2, 0) is 13.6 Å². The number of nitro groups is 1. The van der Waals surface area contributed by atoms with Crippen molar-refractivity contribution < 1.29 is 14.1 Å². The minimum absolute atomic E-state index is 0.0405. The van der Waals surface area contributed by atoms with E-state index in [1.54, 1.807) is 12.1 Å². The number of nitrogens with zero attached hydrogens (tertiary/aromatic N) is 5. The second kappa shape index (κ2) is 6.92. The van der Waals surface area contributed by atoms with E-state index in [0.717, 1.165) is 11.8 Å². The monoisotopic (exact) mass is 378 g/mol. The van der Waals surface area contributed by atoms with E-state index in [0.29, 0.717) is 6.54 Å². The van der Waals surface area contributed by atoms with Crippen molar-refractivity contribution in [2.75, 3.05) is 5.32 Å². The summed E-state index contributed by atoms with van der Waals surface area (Å²) in [6.07, 6.45) is 2.61. The van der Waals surface area contributed by atoms with E-state index in [4.69, 9.17) is 11.6 Å². The molecule has 0 bridgehead atoms. The van der Waals surface area contributed by atoms with Crippen LogP contribution < -0.4 is 5.32 Å². The molecule has 1 N–H and O–H groups in total. The Hall–Kier alpha value is -3.27. The molecule has 0 spiro atoms. The Morgan fingerprint density at radius 3 is 2.65 bits per heavy atom. The standard InChI is InChI=1S/C15H12ClFN6O3/c1-21-8-12(23(25)26)13(19-21)15(24)18-14-11(16)7-22(20-14)6-9-2-4-10(17)5-3-9/h2-5,7-8H,6H2,1H3,(H,18,20,24). The van der Waals surface area contributed by atoms with Crippen LogP contribution >= 0.6 is 11.6 Å². The van der Waals surface area contributed by atoms with Gasteiger partial charge < -0.3 is 5.32 Å². The molecular formula is C15H12ClFN6O3. The zero-order chi connectivity index (χ0) is 18.8. The highest BCUT2D eigenvalue weighted by Gasteiger charge is 2.26. The minimum atomic E-state index is -0.800. The van der Waals surface area contributed by atoms with Crippen LogP contribution in [0.1, 0.15) is 16.1 Å². The number of halogens is 2. The fraction of sp³-hybridized carbons (Fsp3) is 0.133. The van der Waals surface area contributed by atoms with E-state index < -0.39 is 16.5 Å². The lowest BCUT2D eigenvalue weighted by Gasteiger charge is -2.02. The van der Waals surface area contributed by atoms with Crippen molar-refractivity contribution in [1.82, 2.24) is 19.6 Å². The molecule has 1 aromatic carbocycles. The molecule has 2 aromatic heterocycles. The molecule has 0 radical (unpaired) electrons. The summed E-state index contributed by atoms with van der Waals surface area (Å²) < 4.78 is 15.6. The van der Waals surface area contributed by atoms with Crippen molar-refractivity contribution in [1.29, 1.82) is 0 Å². The molecule has 9 nitrogen and oxygen atoms in total. The Morgan fingerprint density at radius 1 is 1.31 bits per heavy atom. The maximum absolute atomic E-state index is 12.9. The lowest BCUT2D eigenvalue weighted by molar-refractivity contribution is -0.385. The maximum Gasteiger partial charge on any atom is 0.320 e. The predicted molar refractivity (Wildman–Crippen MR) is 90.6 cm³/mol. The summed E-state index contributed by atoms with van der Waals surface area (Å²) in [6.45, 7) is 0.305. The SMILES string of the molecule is Cn1cc([N+](=O)[O-])c(C(=O)Nc2nn(Cc3ccc(F)cc3)cc2Cl)n1. The number of rotatable bonds is 5. The third kappa shape index (κ3) is 3.70. The third-order valence-corrected chi connectivity index (χ3v) is 3.70. The Labute approximate surface area is 151 Å². The topological polar surface area (TPSA) is 108 Å². The maximum atomic E-state index is 12.9. The third-order valence-electron chi connectivity index (χ3n) is 3.43. The van der Waals surface area contributed by atoms with Gasteiger partial charge in [-0.1, -0.05) is 23.7 Å². The van der Waals surface area contributed by atoms with E-state index in [1.165, 1.54) is 34.7 Å². The number of aryl methyl sites for hydroxylation is 1. The number of aromatic nitrogens is 4. The van der Waals surface area contributed by atoms with Gasteiger partial charge in [0.2, 0.25) is 5.69 Å². The van der Waals surface area contributed by atoms with Gasteiger partial charge in [-0.2, -0.15) is 10.2 Å². The van der Waals surface area contributed by atoms with E-state index >= 15 is 0 Å². The van der Waals surface area contributed by atoms with Crippen LogP contribution in [0.5, 0.6) is 0 Å². The van der Waals surface area contributed by atoms with Crippen molar-refractivity contribution in [3.8, 4) is 0 Å². The molecule has 0 saturated heterocycles. The minimum Gasteiger partial charge on any atom is -0.302 e. The second-order valence-corrected chi connectivity index (χ2v) is 5.80. The number of anilines is 1. The van der Waals surface area contributed by atoms with Crippen LogP contribution in [0.3, 0.4) is 0 Å². The average Bonchev–Trinajstić information content (AvgIpc) is 3.13. The summed E-state index contributed by atoms with van der Waals surface area (Å²) in [7, 11) is 1.47. The van der Waals surface area contributed by atoms with Crippen LogP contribution in [0.2, 0.25) is 5.02 Å². The highest BCUT2D eigenvalue weighted by Crippen LogP contribution is 2.23. The molecule has 1 amide bonds. The fourth-order valence-electron chi connectivity index (χ4n) is 2.28. The highest BCUT2D eigenvalue weighted by atomic mass is 35.5. The molecule has 3 rings (SSSR count). The van der Waals surface area contributed by atoms with Crippen molar-refractivity contribution in [2.24, 2.45) is 7.05 Å². The summed E-state index contributed by atoms with van der Waals surface area (Å²) in [5.74, 6) is -1.11. The molecule has 26 heavy (non-hydrogen) atoms. The Kier molecular flexibility index (Phi) is 4.67. The van der Waals surface area contributed by atoms with Crippen LogP contribution in [0.25, 0.3) is 0 Å². The molecule has 2 heterocycles. The highest BCUT2D eigenvalue weighted by molar-refractivity contribution is 6.33. The molecule has 3 aromatic rings. The molecule has 0 aliphatic carbocycles. The van der Waals surface area contributed by atoms with Gasteiger partial charge in [0.1, 0.15) is 17.0 Å². The molecule has 0 aliphatic heterocycles. The van der Waals surface area contributed by atoms with E-state index in [-0.39, 0.29) is 22.4 Å². The van der Waals surface area contributed by atoms with Crippen LogP contribution in [0.15, 0.2) is 36.7 Å². The Bertz CT molecular complexity index is 982. The van der Waals surface area contributed by atoms with Gasteiger partial charge in [0, 0.05) is 13.2 Å². The smallest absolute Gasteiger partial charge is 0.302 e. The Morgan fingerprint density at radius 2 is 2.00 bits per heavy atom. The average molecular weight is 379 g/mol. The number of nitrogens with one attached hydrogen (secondary N) is 1. The summed E-state index contributed by atoms with van der Waals surface area (Å²) in [5, 5.41) is 21.5. The zero-order valence-corrected chi connectivity index (χ0v) is 14.1. The Balaban J connectivity index is 1.78. The van der Waals surface area contributed by atoms with Crippen molar-refractivity contribution in [3.63, 3.8) is 0 Å². The van der Waals surface area contributed by atoms with Gasteiger partial charge in [0.15, 0.2) is 5.82 Å². The van der Waals surface area contributed by atoms with Gasteiger partial charge >= 0.3 is 5.69 Å². The van der Waals surface area contributed by atoms with Crippen molar-refractivity contribution >= 4 is 29.0 Å². The van der Waals surface area contributed by atoms with Gasteiger partial charge in [-0.3, -0.25) is 24.3 Å². The van der Waals surface area contributed by atoms with Gasteiger partial charge in [-0.15, -0.1) is 0 Å². The van der Waals surface area contributed by atoms with E-state index in [9.17, 15) is 19.3 Å². The molecule has 0 fully saturated rings. The molecular weight excluding hydrogens is 367 g/mol. The van der Waals surface area contributed by atoms with Crippen molar-refractivity contribution in [2.45, 2.75) is 6.54 Å². The van der Waals surface area contributed by atoms with E-state index in [1.807, 2.05) is 0 Å². The lowest BCUT2D eigenvalue weighted by Crippen LogP contribution is -2.15. The first-order valence-corrected chi connectivity index (χ1v) is 7.68. The van der Waals surface area contributed by atoms with Gasteiger partial charge in [0.05, 0.1) is 11.5 Å². The zero-order valence-electron chi connectivity index (χ0n) is 13.4.